The number of allylic oxidation sites excluding steroid dienone is 13. The van der Waals surface area contributed by atoms with Crippen molar-refractivity contribution < 1.29 is 28.6 Å². The first-order valence-corrected chi connectivity index (χ1v) is 29.1. The Morgan fingerprint density at radius 3 is 1.04 bits per heavy atom. The minimum Gasteiger partial charge on any atom is -0.462 e. The van der Waals surface area contributed by atoms with Crippen LogP contribution in [0.3, 0.4) is 0 Å². The van der Waals surface area contributed by atoms with Gasteiger partial charge in [-0.3, -0.25) is 14.4 Å². The number of carbonyl (C=O) groups is 3. The van der Waals surface area contributed by atoms with E-state index in [0.717, 1.165) is 77.0 Å². The summed E-state index contributed by atoms with van der Waals surface area (Å²) in [5.74, 6) is -1.04. The fourth-order valence-electron chi connectivity index (χ4n) is 8.08. The number of ether oxygens (including phenoxy) is 3. The van der Waals surface area contributed by atoms with Gasteiger partial charge in [-0.05, 0) is 77.0 Å². The predicted octanol–water partition coefficient (Wildman–Crippen LogP) is 19.5. The van der Waals surface area contributed by atoms with E-state index in [-0.39, 0.29) is 31.6 Å². The zero-order chi connectivity index (χ0) is 50.0. The highest BCUT2D eigenvalue weighted by Gasteiger charge is 2.19. The summed E-state index contributed by atoms with van der Waals surface area (Å²) in [4.78, 5) is 38.1. The number of rotatable bonds is 52. The van der Waals surface area contributed by atoms with Gasteiger partial charge in [0, 0.05) is 12.8 Å². The van der Waals surface area contributed by atoms with Crippen molar-refractivity contribution in [2.24, 2.45) is 0 Å². The van der Waals surface area contributed by atoms with Crippen molar-refractivity contribution in [3.8, 4) is 0 Å². The average molecular weight is 962 g/mol. The molecule has 6 heteroatoms. The summed E-state index contributed by atoms with van der Waals surface area (Å²) in [6, 6.07) is 0. The highest BCUT2D eigenvalue weighted by Crippen LogP contribution is 2.16. The van der Waals surface area contributed by atoms with Gasteiger partial charge in [-0.2, -0.15) is 0 Å². The average Bonchev–Trinajstić information content (AvgIpc) is 3.35. The van der Waals surface area contributed by atoms with Gasteiger partial charge in [-0.1, -0.05) is 266 Å². The van der Waals surface area contributed by atoms with Crippen LogP contribution in [0.4, 0.5) is 0 Å². The smallest absolute Gasteiger partial charge is 0.309 e. The second kappa shape index (κ2) is 57.2. The highest BCUT2D eigenvalue weighted by molar-refractivity contribution is 5.72. The van der Waals surface area contributed by atoms with Crippen LogP contribution in [0.1, 0.15) is 278 Å². The number of unbranched alkanes of at least 4 members (excludes halogenated alkanes) is 28. The third-order valence-corrected chi connectivity index (χ3v) is 12.4. The van der Waals surface area contributed by atoms with Gasteiger partial charge < -0.3 is 14.2 Å². The van der Waals surface area contributed by atoms with Crippen molar-refractivity contribution in [1.82, 2.24) is 0 Å². The Morgan fingerprint density at radius 1 is 0.319 bits per heavy atom. The van der Waals surface area contributed by atoms with Crippen molar-refractivity contribution in [3.63, 3.8) is 0 Å². The molecule has 0 rings (SSSR count). The number of hydrogen-bond donors (Lipinski definition) is 0. The van der Waals surface area contributed by atoms with Gasteiger partial charge in [0.25, 0.3) is 0 Å². The Hall–Kier alpha value is -3.41. The van der Waals surface area contributed by atoms with Crippen molar-refractivity contribution >= 4 is 17.9 Å². The van der Waals surface area contributed by atoms with E-state index in [1.165, 1.54) is 161 Å². The van der Waals surface area contributed by atoms with Crippen LogP contribution in [0.5, 0.6) is 0 Å². The molecule has 0 amide bonds. The third-order valence-electron chi connectivity index (χ3n) is 12.4. The maximum absolute atomic E-state index is 12.9. The molecule has 0 fully saturated rings. The molecule has 0 saturated heterocycles. The maximum atomic E-state index is 12.9. The second-order valence-electron chi connectivity index (χ2n) is 19.2. The zero-order valence-electron chi connectivity index (χ0n) is 45.3. The van der Waals surface area contributed by atoms with Crippen LogP contribution in [-0.4, -0.2) is 37.2 Å². The summed E-state index contributed by atoms with van der Waals surface area (Å²) >= 11 is 0. The molecule has 1 atom stereocenters. The number of carbonyl (C=O) groups excluding carboxylic acids is 3. The van der Waals surface area contributed by atoms with Gasteiger partial charge >= 0.3 is 17.9 Å². The molecular weight excluding hydrogens is 853 g/mol. The lowest BCUT2D eigenvalue weighted by Crippen LogP contribution is -2.30. The largest absolute Gasteiger partial charge is 0.462 e. The Balaban J connectivity index is 4.45. The maximum Gasteiger partial charge on any atom is 0.309 e. The van der Waals surface area contributed by atoms with E-state index in [2.05, 4.69) is 93.7 Å². The third kappa shape index (κ3) is 55.4. The van der Waals surface area contributed by atoms with Gasteiger partial charge in [-0.25, -0.2) is 0 Å². The SMILES string of the molecule is CC/C=C\C/C=C\C/C=C\C/C=C\C/C=C\CC(=O)OCC(COC(=O)CCCCCCCCCCC/C=C\C/C=C\CCCCC)OC(=O)CCCCCCCCCCCCCCCCCCC. The summed E-state index contributed by atoms with van der Waals surface area (Å²) < 4.78 is 16.8. The van der Waals surface area contributed by atoms with E-state index >= 15 is 0 Å². The van der Waals surface area contributed by atoms with E-state index in [9.17, 15) is 14.4 Å². The molecule has 0 aromatic carbocycles. The van der Waals surface area contributed by atoms with Gasteiger partial charge in [0.2, 0.25) is 0 Å². The zero-order valence-corrected chi connectivity index (χ0v) is 45.3. The molecule has 0 aromatic heterocycles. The Bertz CT molecular complexity index is 1330. The predicted molar refractivity (Wildman–Crippen MR) is 297 cm³/mol. The first-order chi connectivity index (χ1) is 34.0. The van der Waals surface area contributed by atoms with Crippen LogP contribution in [0.15, 0.2) is 85.1 Å². The van der Waals surface area contributed by atoms with E-state index in [0.29, 0.717) is 12.8 Å². The Labute approximate surface area is 426 Å². The molecule has 0 spiro atoms. The van der Waals surface area contributed by atoms with Crippen LogP contribution in [0, 0.1) is 0 Å². The quantitative estimate of drug-likeness (QED) is 0.0262. The summed E-state index contributed by atoms with van der Waals surface area (Å²) in [6.07, 6.45) is 74.6. The molecule has 0 aliphatic rings. The van der Waals surface area contributed by atoms with Crippen LogP contribution in [-0.2, 0) is 28.6 Å². The summed E-state index contributed by atoms with van der Waals surface area (Å²) in [7, 11) is 0. The van der Waals surface area contributed by atoms with Crippen molar-refractivity contribution in [2.45, 2.75) is 284 Å². The standard InChI is InChI=1S/C63H108O6/c1-4-7-10-13-16-19-22-25-28-30-31-33-35-38-41-44-47-50-53-56-62(65)68-59-60(58-67-61(64)55-52-49-46-43-40-37-34-27-24-21-18-15-12-9-6-3)69-63(66)57-54-51-48-45-42-39-36-32-29-26-23-20-17-14-11-8-5-2/h9,12,16,18-19,21,25,27-28,34,40,43,49,52,60H,4-8,10-11,13-15,17,20,22-24,26,29-33,35-39,41-42,44-48,50-51,53-59H2,1-3H3/b12-9-,19-16-,21-18-,28-25-,34-27-,43-40-,52-49-. The molecular formula is C63H108O6. The van der Waals surface area contributed by atoms with E-state index in [1.807, 2.05) is 6.08 Å². The normalized spacial score (nSPS) is 12.7. The molecule has 0 N–H and O–H groups in total. The minimum atomic E-state index is -0.817. The molecule has 0 aliphatic carbocycles. The topological polar surface area (TPSA) is 78.9 Å². The molecule has 0 heterocycles. The van der Waals surface area contributed by atoms with Gasteiger partial charge in [-0.15, -0.1) is 0 Å². The number of esters is 3. The Morgan fingerprint density at radius 2 is 0.623 bits per heavy atom. The molecule has 1 unspecified atom stereocenters. The fraction of sp³-hybridized carbons (Fsp3) is 0.730. The van der Waals surface area contributed by atoms with Crippen LogP contribution >= 0.6 is 0 Å². The van der Waals surface area contributed by atoms with Crippen LogP contribution in [0.25, 0.3) is 0 Å². The second-order valence-corrected chi connectivity index (χ2v) is 19.2. The molecule has 0 saturated carbocycles. The molecule has 396 valence electrons. The molecule has 0 bridgehead atoms. The summed E-state index contributed by atoms with van der Waals surface area (Å²) in [6.45, 7) is 6.43. The summed E-state index contributed by atoms with van der Waals surface area (Å²) in [5, 5.41) is 0. The first kappa shape index (κ1) is 65.6. The summed E-state index contributed by atoms with van der Waals surface area (Å²) in [5.41, 5.74) is 0. The molecule has 6 nitrogen and oxygen atoms in total. The Kier molecular flexibility index (Phi) is 54.3. The van der Waals surface area contributed by atoms with Gasteiger partial charge in [0.05, 0.1) is 6.42 Å². The monoisotopic (exact) mass is 961 g/mol. The van der Waals surface area contributed by atoms with Crippen molar-refractivity contribution in [3.05, 3.63) is 85.1 Å². The minimum absolute atomic E-state index is 0.107. The molecule has 69 heavy (non-hydrogen) atoms. The van der Waals surface area contributed by atoms with Crippen LogP contribution in [0.2, 0.25) is 0 Å². The molecule has 0 aromatic rings. The lowest BCUT2D eigenvalue weighted by atomic mass is 10.0. The van der Waals surface area contributed by atoms with Gasteiger partial charge in [0.15, 0.2) is 6.10 Å². The van der Waals surface area contributed by atoms with Crippen molar-refractivity contribution in [1.29, 1.82) is 0 Å². The van der Waals surface area contributed by atoms with E-state index in [1.54, 1.807) is 6.08 Å². The van der Waals surface area contributed by atoms with E-state index < -0.39 is 12.1 Å². The lowest BCUT2D eigenvalue weighted by molar-refractivity contribution is -0.166. The van der Waals surface area contributed by atoms with E-state index in [4.69, 9.17) is 14.2 Å². The first-order valence-electron chi connectivity index (χ1n) is 29.1. The fourth-order valence-corrected chi connectivity index (χ4v) is 8.08. The molecule has 0 aliphatic heterocycles. The van der Waals surface area contributed by atoms with Crippen LogP contribution < -0.4 is 0 Å². The number of hydrogen-bond acceptors (Lipinski definition) is 6. The van der Waals surface area contributed by atoms with Crippen molar-refractivity contribution in [2.75, 3.05) is 13.2 Å². The molecule has 0 radical (unpaired) electrons. The lowest BCUT2D eigenvalue weighted by Gasteiger charge is -2.18. The highest BCUT2D eigenvalue weighted by atomic mass is 16.6. The van der Waals surface area contributed by atoms with Gasteiger partial charge in [0.1, 0.15) is 13.2 Å².